The van der Waals surface area contributed by atoms with E-state index in [9.17, 15) is 9.59 Å². The first kappa shape index (κ1) is 18.4. The van der Waals surface area contributed by atoms with Crippen LogP contribution in [0.25, 0.3) is 6.08 Å². The Morgan fingerprint density at radius 2 is 2.00 bits per heavy atom. The van der Waals surface area contributed by atoms with Crippen LogP contribution in [0.1, 0.15) is 18.4 Å². The number of hydrogen-bond acceptors (Lipinski definition) is 4. The minimum atomic E-state index is -0.248. The van der Waals surface area contributed by atoms with Crippen LogP contribution in [0.5, 0.6) is 0 Å². The molecule has 1 fully saturated rings. The molecule has 1 saturated heterocycles. The Labute approximate surface area is 158 Å². The Balaban J connectivity index is 1.44. The Morgan fingerprint density at radius 1 is 1.15 bits per heavy atom. The van der Waals surface area contributed by atoms with Crippen molar-refractivity contribution in [1.29, 1.82) is 0 Å². The highest BCUT2D eigenvalue weighted by atomic mass is 16.2. The molecule has 1 aliphatic heterocycles. The number of carbonyl (C=O) groups is 2. The number of hydrogen-bond donors (Lipinski definition) is 2. The van der Waals surface area contributed by atoms with E-state index in [-0.39, 0.29) is 18.4 Å². The van der Waals surface area contributed by atoms with Crippen LogP contribution in [0.4, 0.5) is 11.4 Å². The van der Waals surface area contributed by atoms with E-state index in [2.05, 4.69) is 15.8 Å². The molecule has 0 spiro atoms. The maximum atomic E-state index is 11.9. The molecule has 27 heavy (non-hydrogen) atoms. The van der Waals surface area contributed by atoms with Gasteiger partial charge in [0.15, 0.2) is 0 Å². The highest BCUT2D eigenvalue weighted by Gasteiger charge is 2.21. The lowest BCUT2D eigenvalue weighted by Crippen LogP contribution is -2.26. The molecular weight excluding hydrogens is 340 g/mol. The van der Waals surface area contributed by atoms with Gasteiger partial charge in [-0.15, -0.1) is 0 Å². The van der Waals surface area contributed by atoms with Crippen molar-refractivity contribution in [3.63, 3.8) is 0 Å². The third-order valence-corrected chi connectivity index (χ3v) is 4.12. The van der Waals surface area contributed by atoms with Crippen molar-refractivity contribution in [1.82, 2.24) is 5.43 Å². The first-order valence-corrected chi connectivity index (χ1v) is 8.90. The summed E-state index contributed by atoms with van der Waals surface area (Å²) in [4.78, 5) is 25.5. The van der Waals surface area contributed by atoms with Gasteiger partial charge in [0.2, 0.25) is 5.91 Å². The van der Waals surface area contributed by atoms with Crippen molar-refractivity contribution in [2.75, 3.05) is 23.3 Å². The molecule has 3 rings (SSSR count). The summed E-state index contributed by atoms with van der Waals surface area (Å²) in [6.45, 7) is 0.838. The van der Waals surface area contributed by atoms with Crippen LogP contribution in [-0.4, -0.2) is 31.1 Å². The molecule has 0 saturated carbocycles. The Hall–Kier alpha value is -3.41. The summed E-state index contributed by atoms with van der Waals surface area (Å²) in [6.07, 6.45) is 6.68. The highest BCUT2D eigenvalue weighted by molar-refractivity contribution is 5.95. The number of hydrazone groups is 1. The smallest absolute Gasteiger partial charge is 0.259 e. The molecule has 0 atom stereocenters. The maximum Gasteiger partial charge on any atom is 0.259 e. The predicted molar refractivity (Wildman–Crippen MR) is 109 cm³/mol. The average Bonchev–Trinajstić information content (AvgIpc) is 3.13. The molecule has 6 nitrogen and oxygen atoms in total. The van der Waals surface area contributed by atoms with E-state index in [4.69, 9.17) is 0 Å². The third-order valence-electron chi connectivity index (χ3n) is 4.12. The minimum absolute atomic E-state index is 0.0944. The second-order valence-corrected chi connectivity index (χ2v) is 6.14. The zero-order valence-corrected chi connectivity index (χ0v) is 15.0. The summed E-state index contributed by atoms with van der Waals surface area (Å²) in [5.74, 6) is -0.107. The van der Waals surface area contributed by atoms with E-state index < -0.39 is 0 Å². The Bertz CT molecular complexity index is 846. The normalized spacial score (nSPS) is 14.2. The zero-order valence-electron chi connectivity index (χ0n) is 15.0. The van der Waals surface area contributed by atoms with Crippen LogP contribution in [0.2, 0.25) is 0 Å². The molecular formula is C21H22N4O2. The third kappa shape index (κ3) is 5.54. The quantitative estimate of drug-likeness (QED) is 0.587. The Morgan fingerprint density at radius 3 is 2.78 bits per heavy atom. The summed E-state index contributed by atoms with van der Waals surface area (Å²) in [5, 5.41) is 6.93. The fourth-order valence-electron chi connectivity index (χ4n) is 2.80. The topological polar surface area (TPSA) is 73.8 Å². The van der Waals surface area contributed by atoms with Crippen molar-refractivity contribution in [2.45, 2.75) is 12.8 Å². The highest BCUT2D eigenvalue weighted by Crippen LogP contribution is 2.24. The minimum Gasteiger partial charge on any atom is -0.376 e. The van der Waals surface area contributed by atoms with Gasteiger partial charge in [-0.1, -0.05) is 42.5 Å². The first-order chi connectivity index (χ1) is 13.2. The number of allylic oxidation sites excluding steroid dienone is 1. The lowest BCUT2D eigenvalue weighted by Gasteiger charge is -2.16. The second-order valence-electron chi connectivity index (χ2n) is 6.14. The molecule has 138 valence electrons. The van der Waals surface area contributed by atoms with Crippen molar-refractivity contribution < 1.29 is 9.59 Å². The predicted octanol–water partition coefficient (Wildman–Crippen LogP) is 3.04. The maximum absolute atomic E-state index is 11.9. The van der Waals surface area contributed by atoms with Crippen LogP contribution < -0.4 is 15.6 Å². The van der Waals surface area contributed by atoms with E-state index in [0.717, 1.165) is 29.9 Å². The van der Waals surface area contributed by atoms with Gasteiger partial charge >= 0.3 is 0 Å². The molecule has 2 aromatic carbocycles. The molecule has 0 bridgehead atoms. The SMILES string of the molecule is O=C(CNc1cccc(N2CCCC2=O)c1)N/N=C/C=C/c1ccccc1. The van der Waals surface area contributed by atoms with Gasteiger partial charge in [0.1, 0.15) is 0 Å². The average molecular weight is 362 g/mol. The van der Waals surface area contributed by atoms with Gasteiger partial charge < -0.3 is 10.2 Å². The summed E-state index contributed by atoms with van der Waals surface area (Å²) in [6, 6.07) is 17.3. The molecule has 6 heteroatoms. The molecule has 2 aromatic rings. The fraction of sp³-hybridized carbons (Fsp3) is 0.190. The monoisotopic (exact) mass is 362 g/mol. The molecule has 0 aliphatic carbocycles. The number of benzene rings is 2. The van der Waals surface area contributed by atoms with E-state index in [1.165, 1.54) is 6.21 Å². The van der Waals surface area contributed by atoms with Crippen molar-refractivity contribution in [3.8, 4) is 0 Å². The molecule has 0 radical (unpaired) electrons. The van der Waals surface area contributed by atoms with Crippen LogP contribution in [-0.2, 0) is 9.59 Å². The summed E-state index contributed by atoms with van der Waals surface area (Å²) in [7, 11) is 0. The molecule has 1 aliphatic rings. The van der Waals surface area contributed by atoms with Gasteiger partial charge in [0.25, 0.3) is 5.91 Å². The van der Waals surface area contributed by atoms with E-state index in [1.54, 1.807) is 11.0 Å². The number of rotatable bonds is 7. The van der Waals surface area contributed by atoms with Gasteiger partial charge in [-0.25, -0.2) is 5.43 Å². The van der Waals surface area contributed by atoms with E-state index in [0.29, 0.717) is 6.42 Å². The molecule has 0 unspecified atom stereocenters. The first-order valence-electron chi connectivity index (χ1n) is 8.90. The lowest BCUT2D eigenvalue weighted by atomic mass is 10.2. The number of carbonyl (C=O) groups excluding carboxylic acids is 2. The summed E-state index contributed by atoms with van der Waals surface area (Å²) >= 11 is 0. The summed E-state index contributed by atoms with van der Waals surface area (Å²) < 4.78 is 0. The standard InChI is InChI=1S/C21H22N4O2/c26-20(24-23-13-5-9-17-7-2-1-3-8-17)16-22-18-10-4-11-19(15-18)25-14-6-12-21(25)27/h1-5,7-11,13,15,22H,6,12,14,16H2,(H,24,26)/b9-5+,23-13+. The zero-order chi connectivity index (χ0) is 18.9. The number of nitrogens with zero attached hydrogens (tertiary/aromatic N) is 2. The van der Waals surface area contributed by atoms with Crippen LogP contribution in [0.3, 0.4) is 0 Å². The van der Waals surface area contributed by atoms with Gasteiger partial charge in [-0.2, -0.15) is 5.10 Å². The van der Waals surface area contributed by atoms with Gasteiger partial charge in [0, 0.05) is 30.6 Å². The van der Waals surface area contributed by atoms with E-state index in [1.807, 2.05) is 60.7 Å². The molecule has 0 aromatic heterocycles. The van der Waals surface area contributed by atoms with Gasteiger partial charge in [0.05, 0.1) is 6.54 Å². The molecule has 2 N–H and O–H groups in total. The van der Waals surface area contributed by atoms with E-state index >= 15 is 0 Å². The number of anilines is 2. The number of nitrogens with one attached hydrogen (secondary N) is 2. The molecule has 2 amide bonds. The Kier molecular flexibility index (Phi) is 6.35. The van der Waals surface area contributed by atoms with Crippen LogP contribution >= 0.6 is 0 Å². The summed E-state index contributed by atoms with van der Waals surface area (Å²) in [5.41, 5.74) is 5.17. The van der Waals surface area contributed by atoms with Crippen molar-refractivity contribution in [2.24, 2.45) is 5.10 Å². The largest absolute Gasteiger partial charge is 0.376 e. The number of amides is 2. The molecule has 1 heterocycles. The van der Waals surface area contributed by atoms with Crippen molar-refractivity contribution in [3.05, 3.63) is 66.2 Å². The lowest BCUT2D eigenvalue weighted by molar-refractivity contribution is -0.119. The van der Waals surface area contributed by atoms with Crippen molar-refractivity contribution >= 4 is 35.5 Å². The van der Waals surface area contributed by atoms with Gasteiger partial charge in [-0.05, 0) is 36.3 Å². The second kappa shape index (κ2) is 9.33. The van der Waals surface area contributed by atoms with Crippen LogP contribution in [0, 0.1) is 0 Å². The fourth-order valence-corrected chi connectivity index (χ4v) is 2.80. The van der Waals surface area contributed by atoms with Crippen LogP contribution in [0.15, 0.2) is 65.8 Å². The van der Waals surface area contributed by atoms with Gasteiger partial charge in [-0.3, -0.25) is 9.59 Å².